The number of unbranched alkanes of at least 4 members (excludes halogenated alkanes) is 11. The summed E-state index contributed by atoms with van der Waals surface area (Å²) in [7, 11) is 0. The summed E-state index contributed by atoms with van der Waals surface area (Å²) in [5.41, 5.74) is -0.383. The van der Waals surface area contributed by atoms with Crippen LogP contribution in [-0.4, -0.2) is 35.4 Å². The molecule has 0 aliphatic carbocycles. The van der Waals surface area contributed by atoms with E-state index in [0.29, 0.717) is 25.7 Å². The van der Waals surface area contributed by atoms with Crippen molar-refractivity contribution in [3.8, 4) is 17.2 Å². The second kappa shape index (κ2) is 21.8. The van der Waals surface area contributed by atoms with Gasteiger partial charge in [-0.3, -0.25) is 14.4 Å². The van der Waals surface area contributed by atoms with Gasteiger partial charge in [-0.2, -0.15) is 0 Å². The number of esters is 3. The van der Waals surface area contributed by atoms with Gasteiger partial charge >= 0.3 is 17.9 Å². The quantitative estimate of drug-likeness (QED) is 0.0595. The Morgan fingerprint density at radius 1 is 0.610 bits per heavy atom. The molecule has 0 spiro atoms. The van der Waals surface area contributed by atoms with Crippen molar-refractivity contribution in [2.75, 3.05) is 6.61 Å². The van der Waals surface area contributed by atoms with E-state index in [1.165, 1.54) is 0 Å². The van der Waals surface area contributed by atoms with E-state index in [1.807, 2.05) is 6.92 Å². The van der Waals surface area contributed by atoms with Gasteiger partial charge < -0.3 is 19.3 Å². The highest BCUT2D eigenvalue weighted by Crippen LogP contribution is 2.43. The van der Waals surface area contributed by atoms with E-state index < -0.39 is 35.2 Å². The molecule has 1 rings (SSSR count). The zero-order chi connectivity index (χ0) is 30.5. The van der Waals surface area contributed by atoms with Crippen LogP contribution in [0.3, 0.4) is 0 Å². The van der Waals surface area contributed by atoms with Crippen LogP contribution in [0.15, 0.2) is 6.07 Å². The highest BCUT2D eigenvalue weighted by atomic mass is 16.6. The number of Topliss-reactive ketones (excluding diaryl/α,β-unsaturated/α-hetero) is 1. The van der Waals surface area contributed by atoms with Gasteiger partial charge in [0, 0.05) is 19.3 Å². The van der Waals surface area contributed by atoms with Gasteiger partial charge in [-0.1, -0.05) is 98.3 Å². The van der Waals surface area contributed by atoms with Crippen molar-refractivity contribution >= 4 is 23.7 Å². The molecular formula is C33H52O8. The smallest absolute Gasteiger partial charge is 0.339 e. The van der Waals surface area contributed by atoms with Crippen molar-refractivity contribution in [2.45, 2.75) is 143 Å². The van der Waals surface area contributed by atoms with Crippen LogP contribution in [0.5, 0.6) is 17.2 Å². The predicted molar refractivity (Wildman–Crippen MR) is 160 cm³/mol. The first-order valence-electron chi connectivity index (χ1n) is 15.8. The molecule has 1 aromatic rings. The zero-order valence-electron chi connectivity index (χ0n) is 25.8. The summed E-state index contributed by atoms with van der Waals surface area (Å²) >= 11 is 0. The summed E-state index contributed by atoms with van der Waals surface area (Å²) in [6, 6.07) is 1.08. The summed E-state index contributed by atoms with van der Waals surface area (Å²) in [5, 5.41) is 10.9. The van der Waals surface area contributed by atoms with Crippen LogP contribution in [0.4, 0.5) is 0 Å². The zero-order valence-corrected chi connectivity index (χ0v) is 25.8. The highest BCUT2D eigenvalue weighted by Gasteiger charge is 2.31. The third-order valence-corrected chi connectivity index (χ3v) is 6.85. The van der Waals surface area contributed by atoms with Crippen molar-refractivity contribution in [1.29, 1.82) is 0 Å². The maximum Gasteiger partial charge on any atom is 0.339 e. The van der Waals surface area contributed by atoms with E-state index in [2.05, 4.69) is 20.8 Å². The maximum absolute atomic E-state index is 13.6. The summed E-state index contributed by atoms with van der Waals surface area (Å²) in [6.45, 7) is 8.38. The van der Waals surface area contributed by atoms with E-state index in [1.54, 1.807) is 0 Å². The van der Waals surface area contributed by atoms with E-state index in [9.17, 15) is 24.3 Å². The molecule has 41 heavy (non-hydrogen) atoms. The number of hydrogen-bond donors (Lipinski definition) is 1. The van der Waals surface area contributed by atoms with Crippen molar-refractivity contribution in [3.63, 3.8) is 0 Å². The minimum Gasteiger partial charge on any atom is -0.504 e. The fourth-order valence-electron chi connectivity index (χ4n) is 4.41. The molecule has 0 aromatic heterocycles. The van der Waals surface area contributed by atoms with E-state index in [-0.39, 0.29) is 42.7 Å². The number of carbonyl (C=O) groups is 4. The molecule has 0 radical (unpaired) electrons. The van der Waals surface area contributed by atoms with Crippen LogP contribution in [0.1, 0.15) is 164 Å². The summed E-state index contributed by atoms with van der Waals surface area (Å²) < 4.78 is 16.6. The molecule has 0 fully saturated rings. The number of rotatable bonds is 23. The summed E-state index contributed by atoms with van der Waals surface area (Å²) in [4.78, 5) is 52.3. The summed E-state index contributed by atoms with van der Waals surface area (Å²) in [5.74, 6) is -3.84. The third-order valence-electron chi connectivity index (χ3n) is 6.85. The monoisotopic (exact) mass is 576 g/mol. The number of ether oxygens (including phenoxy) is 3. The second-order valence-electron chi connectivity index (χ2n) is 10.6. The SMILES string of the molecule is CCCCCCC(=O)Oc1c(O)cc(C(=O)OCCCCC)c(C(=O)CCCCCC)c1OC(=O)CCCCCC. The molecule has 0 bridgehead atoms. The van der Waals surface area contributed by atoms with E-state index in [0.717, 1.165) is 76.7 Å². The normalized spacial score (nSPS) is 10.8. The number of aromatic hydroxyl groups is 1. The minimum absolute atomic E-state index is 0.0843. The Bertz CT molecular complexity index is 953. The predicted octanol–water partition coefficient (Wildman–Crippen LogP) is 8.64. The molecule has 232 valence electrons. The Morgan fingerprint density at radius 2 is 1.07 bits per heavy atom. The molecule has 1 N–H and O–H groups in total. The Morgan fingerprint density at radius 3 is 1.59 bits per heavy atom. The van der Waals surface area contributed by atoms with Crippen LogP contribution < -0.4 is 9.47 Å². The number of benzene rings is 1. The largest absolute Gasteiger partial charge is 0.504 e. The average molecular weight is 577 g/mol. The molecule has 8 nitrogen and oxygen atoms in total. The molecule has 0 atom stereocenters. The molecule has 0 saturated carbocycles. The fourth-order valence-corrected chi connectivity index (χ4v) is 4.41. The van der Waals surface area contributed by atoms with Gasteiger partial charge in [-0.15, -0.1) is 0 Å². The van der Waals surface area contributed by atoms with Gasteiger partial charge in [0.15, 0.2) is 17.3 Å². The van der Waals surface area contributed by atoms with Gasteiger partial charge in [0.1, 0.15) is 0 Å². The lowest BCUT2D eigenvalue weighted by atomic mass is 9.97. The van der Waals surface area contributed by atoms with Crippen LogP contribution in [-0.2, 0) is 14.3 Å². The van der Waals surface area contributed by atoms with Crippen LogP contribution >= 0.6 is 0 Å². The molecule has 0 amide bonds. The molecular weight excluding hydrogens is 524 g/mol. The molecule has 0 unspecified atom stereocenters. The lowest BCUT2D eigenvalue weighted by molar-refractivity contribution is -0.137. The lowest BCUT2D eigenvalue weighted by Gasteiger charge is -2.18. The van der Waals surface area contributed by atoms with Gasteiger partial charge in [-0.05, 0) is 31.7 Å². The maximum atomic E-state index is 13.6. The van der Waals surface area contributed by atoms with Crippen molar-refractivity contribution in [2.24, 2.45) is 0 Å². The molecule has 0 aliphatic rings. The van der Waals surface area contributed by atoms with Crippen LogP contribution in [0.2, 0.25) is 0 Å². The Kier molecular flexibility index (Phi) is 19.2. The lowest BCUT2D eigenvalue weighted by Crippen LogP contribution is -2.19. The van der Waals surface area contributed by atoms with Gasteiger partial charge in [0.05, 0.1) is 17.7 Å². The molecule has 1 aromatic carbocycles. The van der Waals surface area contributed by atoms with Gasteiger partial charge in [0.25, 0.3) is 0 Å². The Hall–Kier alpha value is -2.90. The number of hydrogen-bond acceptors (Lipinski definition) is 8. The Labute approximate surface area is 246 Å². The molecule has 0 saturated heterocycles. The minimum atomic E-state index is -0.800. The standard InChI is InChI=1S/C33H52O8/c1-5-9-13-16-20-26(34)30-25(33(38)39-23-19-12-8-4)24-27(35)31(40-28(36)21-17-14-10-6-2)32(30)41-29(37)22-18-15-11-7-3/h24,35H,5-23H2,1-4H3. The first kappa shape index (κ1) is 36.1. The molecule has 0 aliphatic heterocycles. The average Bonchev–Trinajstić information content (AvgIpc) is 2.95. The van der Waals surface area contributed by atoms with Crippen molar-refractivity contribution in [3.05, 3.63) is 17.2 Å². The van der Waals surface area contributed by atoms with Gasteiger partial charge in [-0.25, -0.2) is 4.79 Å². The Balaban J connectivity index is 3.49. The van der Waals surface area contributed by atoms with Crippen molar-refractivity contribution in [1.82, 2.24) is 0 Å². The third kappa shape index (κ3) is 14.0. The number of phenols is 1. The first-order chi connectivity index (χ1) is 19.8. The van der Waals surface area contributed by atoms with E-state index in [4.69, 9.17) is 14.2 Å². The number of ketones is 1. The topological polar surface area (TPSA) is 116 Å². The van der Waals surface area contributed by atoms with Crippen LogP contribution in [0.25, 0.3) is 0 Å². The number of phenolic OH excluding ortho intramolecular Hbond substituents is 1. The second-order valence-corrected chi connectivity index (χ2v) is 10.6. The van der Waals surface area contributed by atoms with Gasteiger partial charge in [0.2, 0.25) is 5.75 Å². The van der Waals surface area contributed by atoms with Crippen molar-refractivity contribution < 1.29 is 38.5 Å². The van der Waals surface area contributed by atoms with Crippen LogP contribution in [0, 0.1) is 0 Å². The first-order valence-corrected chi connectivity index (χ1v) is 15.8. The number of carbonyl (C=O) groups excluding carboxylic acids is 4. The highest BCUT2D eigenvalue weighted by molar-refractivity contribution is 6.10. The fraction of sp³-hybridized carbons (Fsp3) is 0.697. The summed E-state index contributed by atoms with van der Waals surface area (Å²) in [6.07, 6.45) is 12.9. The van der Waals surface area contributed by atoms with E-state index >= 15 is 0 Å². The molecule has 8 heteroatoms. The molecule has 0 heterocycles.